The van der Waals surface area contributed by atoms with Crippen LogP contribution < -0.4 is 0 Å². The van der Waals surface area contributed by atoms with E-state index in [9.17, 15) is 31.1 Å². The number of carboxylic acids is 1. The second kappa shape index (κ2) is 3.39. The molecule has 1 aromatic rings. The first-order chi connectivity index (χ1) is 7.05. The monoisotopic (exact) mass is 248 g/mol. The Morgan fingerprint density at radius 2 is 1.62 bits per heavy atom. The maximum absolute atomic E-state index is 12.2. The van der Waals surface area contributed by atoms with Gasteiger partial charge in [-0.05, 0) is 0 Å². The smallest absolute Gasteiger partial charge is 0.433 e. The van der Waals surface area contributed by atoms with Crippen LogP contribution in [0.2, 0.25) is 0 Å². The third kappa shape index (κ3) is 2.09. The summed E-state index contributed by atoms with van der Waals surface area (Å²) >= 11 is 0. The van der Waals surface area contributed by atoms with Gasteiger partial charge in [-0.1, -0.05) is 0 Å². The number of aromatic carboxylic acids is 1. The summed E-state index contributed by atoms with van der Waals surface area (Å²) < 4.78 is 72.9. The van der Waals surface area contributed by atoms with Gasteiger partial charge in [0.1, 0.15) is 5.56 Å². The number of nitrogens with zero attached hydrogens (tertiary/aromatic N) is 1. The molecule has 16 heavy (non-hydrogen) atoms. The molecule has 0 aliphatic carbocycles. The maximum atomic E-state index is 12.2. The zero-order valence-corrected chi connectivity index (χ0v) is 7.07. The molecular weight excluding hydrogens is 246 g/mol. The minimum absolute atomic E-state index is 1.03. The summed E-state index contributed by atoms with van der Waals surface area (Å²) in [7, 11) is 0. The third-order valence-electron chi connectivity index (χ3n) is 1.54. The van der Waals surface area contributed by atoms with Crippen molar-refractivity contribution < 1.29 is 36.2 Å². The highest BCUT2D eigenvalue weighted by atomic mass is 19.4. The predicted molar refractivity (Wildman–Crippen MR) is 35.6 cm³/mol. The van der Waals surface area contributed by atoms with E-state index in [1.54, 1.807) is 0 Å². The molecule has 0 aliphatic heterocycles. The van der Waals surface area contributed by atoms with Gasteiger partial charge in [-0.3, -0.25) is 5.10 Å². The van der Waals surface area contributed by atoms with E-state index in [0.717, 1.165) is 5.10 Å². The lowest BCUT2D eigenvalue weighted by Gasteiger charge is -2.10. The van der Waals surface area contributed by atoms with Gasteiger partial charge < -0.3 is 5.11 Å². The highest BCUT2D eigenvalue weighted by Gasteiger charge is 2.48. The number of hydrogen-bond acceptors (Lipinski definition) is 2. The van der Waals surface area contributed by atoms with Gasteiger partial charge in [0, 0.05) is 0 Å². The fourth-order valence-electron chi connectivity index (χ4n) is 0.978. The Balaban J connectivity index is 3.50. The molecule has 0 amide bonds. The Morgan fingerprint density at radius 1 is 1.12 bits per heavy atom. The minimum Gasteiger partial charge on any atom is -0.476 e. The van der Waals surface area contributed by atoms with Gasteiger partial charge in [-0.2, -0.15) is 31.4 Å². The second-order valence-electron chi connectivity index (χ2n) is 2.62. The number of carbonyl (C=O) groups is 1. The molecule has 0 radical (unpaired) electrons. The fourth-order valence-corrected chi connectivity index (χ4v) is 0.978. The van der Waals surface area contributed by atoms with Crippen molar-refractivity contribution in [1.82, 2.24) is 10.2 Å². The number of aromatic nitrogens is 2. The Hall–Kier alpha value is -1.74. The molecule has 4 nitrogen and oxygen atoms in total. The van der Waals surface area contributed by atoms with Crippen LogP contribution >= 0.6 is 0 Å². The van der Waals surface area contributed by atoms with Crippen molar-refractivity contribution in [1.29, 1.82) is 0 Å². The van der Waals surface area contributed by atoms with Gasteiger partial charge in [-0.25, -0.2) is 4.79 Å². The molecule has 0 spiro atoms. The minimum atomic E-state index is -5.45. The molecule has 0 aromatic carbocycles. The van der Waals surface area contributed by atoms with E-state index in [0.29, 0.717) is 0 Å². The molecule has 0 saturated heterocycles. The Labute approximate surface area is 82.9 Å². The molecule has 0 atom stereocenters. The number of hydrogen-bond donors (Lipinski definition) is 2. The lowest BCUT2D eigenvalue weighted by molar-refractivity contribution is -0.164. The van der Waals surface area contributed by atoms with Gasteiger partial charge in [0.25, 0.3) is 0 Å². The first kappa shape index (κ1) is 12.3. The molecule has 1 aromatic heterocycles. The molecule has 0 fully saturated rings. The van der Waals surface area contributed by atoms with Crippen LogP contribution in [0, 0.1) is 0 Å². The predicted octanol–water partition coefficient (Wildman–Crippen LogP) is 2.15. The van der Waals surface area contributed by atoms with Crippen molar-refractivity contribution in [2.24, 2.45) is 0 Å². The summed E-state index contributed by atoms with van der Waals surface area (Å²) in [6.45, 7) is 0. The van der Waals surface area contributed by atoms with Crippen molar-refractivity contribution in [2.75, 3.05) is 0 Å². The largest absolute Gasteiger partial charge is 0.476 e. The summed E-state index contributed by atoms with van der Waals surface area (Å²) in [5, 5.41) is 11.8. The molecule has 0 saturated carbocycles. The van der Waals surface area contributed by atoms with Crippen LogP contribution in [0.15, 0.2) is 0 Å². The molecule has 90 valence electrons. The Bertz CT molecular complexity index is 418. The standard InChI is InChI=1S/C6H2F6N2O2/c7-5(8,9)1-2(4(15)16)13-14-3(1)6(10,11)12/h(H,13,14)(H,15,16). The van der Waals surface area contributed by atoms with E-state index in [1.165, 1.54) is 0 Å². The zero-order chi connectivity index (χ0) is 12.7. The summed E-state index contributed by atoms with van der Waals surface area (Å²) in [5.74, 6) is -2.20. The number of carboxylic acid groups (broad SMARTS) is 1. The summed E-state index contributed by atoms with van der Waals surface area (Å²) in [4.78, 5) is 10.3. The van der Waals surface area contributed by atoms with Crippen molar-refractivity contribution in [2.45, 2.75) is 12.4 Å². The van der Waals surface area contributed by atoms with Crippen molar-refractivity contribution in [3.05, 3.63) is 17.0 Å². The number of H-pyrrole nitrogens is 1. The maximum Gasteiger partial charge on any atom is 0.433 e. The van der Waals surface area contributed by atoms with E-state index in [1.807, 2.05) is 0 Å². The van der Waals surface area contributed by atoms with Crippen LogP contribution in [0.3, 0.4) is 0 Å². The molecule has 10 heteroatoms. The van der Waals surface area contributed by atoms with Gasteiger partial charge >= 0.3 is 18.3 Å². The van der Waals surface area contributed by atoms with E-state index in [4.69, 9.17) is 5.11 Å². The van der Waals surface area contributed by atoms with E-state index >= 15 is 0 Å². The van der Waals surface area contributed by atoms with Crippen LogP contribution in [-0.2, 0) is 12.4 Å². The first-order valence-electron chi connectivity index (χ1n) is 3.51. The Kier molecular flexibility index (Phi) is 2.61. The quantitative estimate of drug-likeness (QED) is 0.748. The van der Waals surface area contributed by atoms with Crippen LogP contribution in [0.5, 0.6) is 0 Å². The number of halogens is 6. The van der Waals surface area contributed by atoms with Crippen LogP contribution in [0.1, 0.15) is 21.7 Å². The van der Waals surface area contributed by atoms with Crippen molar-refractivity contribution in [3.63, 3.8) is 0 Å². The van der Waals surface area contributed by atoms with E-state index in [2.05, 4.69) is 5.10 Å². The first-order valence-corrected chi connectivity index (χ1v) is 3.51. The number of nitrogens with one attached hydrogen (secondary N) is 1. The van der Waals surface area contributed by atoms with Crippen molar-refractivity contribution >= 4 is 5.97 Å². The summed E-state index contributed by atoms with van der Waals surface area (Å²) in [6.07, 6.45) is -10.8. The average Bonchev–Trinajstić information content (AvgIpc) is 2.43. The van der Waals surface area contributed by atoms with Crippen molar-refractivity contribution in [3.8, 4) is 0 Å². The molecule has 2 N–H and O–H groups in total. The molecular formula is C6H2F6N2O2. The number of rotatable bonds is 1. The van der Waals surface area contributed by atoms with Gasteiger partial charge in [0.15, 0.2) is 11.4 Å². The third-order valence-corrected chi connectivity index (χ3v) is 1.54. The van der Waals surface area contributed by atoms with Gasteiger partial charge in [-0.15, -0.1) is 0 Å². The second-order valence-corrected chi connectivity index (χ2v) is 2.62. The highest BCUT2D eigenvalue weighted by Crippen LogP contribution is 2.40. The lowest BCUT2D eigenvalue weighted by atomic mass is 10.1. The fraction of sp³-hybridized carbons (Fsp3) is 0.333. The van der Waals surface area contributed by atoms with Crippen LogP contribution in [0.4, 0.5) is 26.3 Å². The summed E-state index contributed by atoms with van der Waals surface area (Å²) in [6, 6.07) is 0. The average molecular weight is 248 g/mol. The molecule has 0 unspecified atom stereocenters. The highest BCUT2D eigenvalue weighted by molar-refractivity contribution is 5.87. The molecule has 1 rings (SSSR count). The van der Waals surface area contributed by atoms with Crippen LogP contribution in [0.25, 0.3) is 0 Å². The summed E-state index contributed by atoms with van der Waals surface area (Å²) in [5.41, 5.74) is -6.26. The van der Waals surface area contributed by atoms with Crippen LogP contribution in [-0.4, -0.2) is 21.3 Å². The SMILES string of the molecule is O=C(O)c1n[nH]c(C(F)(F)F)c1C(F)(F)F. The van der Waals surface area contributed by atoms with E-state index in [-0.39, 0.29) is 0 Å². The molecule has 0 aliphatic rings. The molecule has 0 bridgehead atoms. The molecule has 1 heterocycles. The van der Waals surface area contributed by atoms with Gasteiger partial charge in [0.2, 0.25) is 0 Å². The van der Waals surface area contributed by atoms with E-state index < -0.39 is 35.3 Å². The zero-order valence-electron chi connectivity index (χ0n) is 7.07. The van der Waals surface area contributed by atoms with Gasteiger partial charge in [0.05, 0.1) is 0 Å². The normalized spacial score (nSPS) is 12.9. The number of aromatic amines is 1. The Morgan fingerprint density at radius 3 is 1.94 bits per heavy atom. The topological polar surface area (TPSA) is 66.0 Å². The number of alkyl halides is 6. The lowest BCUT2D eigenvalue weighted by Crippen LogP contribution is -2.18.